The van der Waals surface area contributed by atoms with E-state index in [4.69, 9.17) is 32.7 Å². The fourth-order valence-electron chi connectivity index (χ4n) is 4.04. The van der Waals surface area contributed by atoms with Crippen LogP contribution in [0, 0.1) is 20.8 Å². The molecule has 0 unspecified atom stereocenters. The lowest BCUT2D eigenvalue weighted by molar-refractivity contribution is -0.122. The van der Waals surface area contributed by atoms with Gasteiger partial charge in [-0.3, -0.25) is 19.7 Å². The zero-order valence-corrected chi connectivity index (χ0v) is 23.6. The van der Waals surface area contributed by atoms with Crippen molar-refractivity contribution in [2.24, 2.45) is 0 Å². The summed E-state index contributed by atoms with van der Waals surface area (Å²) in [5.74, 6) is -1.83. The molecular weight excluding hydrogens is 557 g/mol. The van der Waals surface area contributed by atoms with Crippen LogP contribution in [0.2, 0.25) is 10.0 Å². The lowest BCUT2D eigenvalue weighted by Crippen LogP contribution is -2.54. The lowest BCUT2D eigenvalue weighted by Gasteiger charge is -2.27. The molecule has 0 radical (unpaired) electrons. The van der Waals surface area contributed by atoms with E-state index in [9.17, 15) is 19.2 Å². The van der Waals surface area contributed by atoms with Crippen molar-refractivity contribution in [2.45, 2.75) is 20.8 Å². The number of ether oxygens (including phenoxy) is 2. The van der Waals surface area contributed by atoms with E-state index in [-0.39, 0.29) is 34.4 Å². The van der Waals surface area contributed by atoms with E-state index in [1.54, 1.807) is 25.1 Å². The zero-order valence-electron chi connectivity index (χ0n) is 22.1. The Bertz CT molecular complexity index is 1580. The third-order valence-corrected chi connectivity index (χ3v) is 6.82. The number of methoxy groups -OCH3 is 1. The first-order valence-corrected chi connectivity index (χ1v) is 12.8. The Morgan fingerprint density at radius 1 is 1.02 bits per heavy atom. The maximum atomic E-state index is 13.3. The Morgan fingerprint density at radius 3 is 2.50 bits per heavy atom. The number of nitrogens with zero attached hydrogens (tertiary/aromatic N) is 1. The van der Waals surface area contributed by atoms with Crippen molar-refractivity contribution in [1.29, 1.82) is 0 Å². The second-order valence-electron chi connectivity index (χ2n) is 9.01. The van der Waals surface area contributed by atoms with E-state index < -0.39 is 23.8 Å². The summed E-state index contributed by atoms with van der Waals surface area (Å²) in [7, 11) is 1.38. The SMILES string of the molecule is COc1cc(/C=C2\C(=O)NC(=O)N(c3cc(Cl)ccc3C)C2=O)cc(Cl)c1OCC(=O)Nc1cccc(C)c1C. The van der Waals surface area contributed by atoms with Gasteiger partial charge in [0.05, 0.1) is 17.8 Å². The number of nitrogens with one attached hydrogen (secondary N) is 2. The van der Waals surface area contributed by atoms with Crippen LogP contribution in [0.25, 0.3) is 6.08 Å². The first-order valence-electron chi connectivity index (χ1n) is 12.0. The van der Waals surface area contributed by atoms with Crippen molar-refractivity contribution in [2.75, 3.05) is 23.9 Å². The van der Waals surface area contributed by atoms with E-state index in [1.165, 1.54) is 31.4 Å². The van der Waals surface area contributed by atoms with Gasteiger partial charge in [0.25, 0.3) is 17.7 Å². The van der Waals surface area contributed by atoms with E-state index in [2.05, 4.69) is 10.6 Å². The van der Waals surface area contributed by atoms with Gasteiger partial charge in [-0.25, -0.2) is 9.69 Å². The molecule has 0 bridgehead atoms. The summed E-state index contributed by atoms with van der Waals surface area (Å²) in [6.07, 6.45) is 1.28. The Hall–Kier alpha value is -4.34. The van der Waals surface area contributed by atoms with Crippen LogP contribution in [-0.2, 0) is 14.4 Å². The smallest absolute Gasteiger partial charge is 0.335 e. The summed E-state index contributed by atoms with van der Waals surface area (Å²) in [5.41, 5.74) is 3.51. The van der Waals surface area contributed by atoms with Crippen molar-refractivity contribution in [1.82, 2.24) is 5.32 Å². The molecule has 206 valence electrons. The molecule has 3 aromatic rings. The average Bonchev–Trinajstić information content (AvgIpc) is 2.90. The second kappa shape index (κ2) is 11.8. The van der Waals surface area contributed by atoms with Crippen molar-refractivity contribution < 1.29 is 28.7 Å². The van der Waals surface area contributed by atoms with Crippen LogP contribution in [-0.4, -0.2) is 37.5 Å². The molecule has 5 amide bonds. The van der Waals surface area contributed by atoms with E-state index >= 15 is 0 Å². The number of amides is 5. The highest BCUT2D eigenvalue weighted by Crippen LogP contribution is 2.37. The Balaban J connectivity index is 1.58. The minimum atomic E-state index is -0.893. The molecule has 1 fully saturated rings. The summed E-state index contributed by atoms with van der Waals surface area (Å²) in [6.45, 7) is 5.21. The normalized spacial score (nSPS) is 14.3. The predicted molar refractivity (Wildman–Crippen MR) is 153 cm³/mol. The van der Waals surface area contributed by atoms with E-state index in [1.807, 2.05) is 26.0 Å². The number of anilines is 2. The molecule has 0 spiro atoms. The van der Waals surface area contributed by atoms with Crippen LogP contribution < -0.4 is 25.0 Å². The largest absolute Gasteiger partial charge is 0.493 e. The molecule has 11 heteroatoms. The number of hydrogen-bond donors (Lipinski definition) is 2. The van der Waals surface area contributed by atoms with Gasteiger partial charge >= 0.3 is 6.03 Å². The number of barbiturate groups is 1. The summed E-state index contributed by atoms with van der Waals surface area (Å²) < 4.78 is 11.1. The maximum absolute atomic E-state index is 13.3. The molecule has 1 saturated heterocycles. The molecule has 1 aliphatic rings. The van der Waals surface area contributed by atoms with Crippen LogP contribution >= 0.6 is 23.2 Å². The number of urea groups is 1. The number of hydrogen-bond acceptors (Lipinski definition) is 6. The van der Waals surface area contributed by atoms with Gasteiger partial charge in [-0.1, -0.05) is 41.4 Å². The number of aryl methyl sites for hydroxylation is 2. The third kappa shape index (κ3) is 5.95. The first-order chi connectivity index (χ1) is 19.0. The number of rotatable bonds is 7. The van der Waals surface area contributed by atoms with Gasteiger partial charge in [0, 0.05) is 10.7 Å². The summed E-state index contributed by atoms with van der Waals surface area (Å²) in [4.78, 5) is 51.9. The summed E-state index contributed by atoms with van der Waals surface area (Å²) in [5, 5.41) is 5.37. The van der Waals surface area contributed by atoms with E-state index in [0.29, 0.717) is 21.8 Å². The maximum Gasteiger partial charge on any atom is 0.335 e. The molecule has 0 atom stereocenters. The lowest BCUT2D eigenvalue weighted by atomic mass is 10.1. The van der Waals surface area contributed by atoms with Gasteiger partial charge in [-0.05, 0) is 79.4 Å². The fraction of sp³-hybridized carbons (Fsp3) is 0.172. The molecular formula is C29H25Cl2N3O6. The van der Waals surface area contributed by atoms with Crippen LogP contribution in [0.3, 0.4) is 0 Å². The highest BCUT2D eigenvalue weighted by atomic mass is 35.5. The topological polar surface area (TPSA) is 114 Å². The number of carbonyl (C=O) groups is 4. The third-order valence-electron chi connectivity index (χ3n) is 6.30. The number of imide groups is 2. The molecule has 0 aromatic heterocycles. The van der Waals surface area contributed by atoms with Gasteiger partial charge in [0.2, 0.25) is 0 Å². The Kier molecular flexibility index (Phi) is 8.46. The standard InChI is InChI=1S/C29H25Cl2N3O6/c1-15-6-5-7-22(17(15)3)32-25(35)14-40-26-21(31)11-18(12-24(26)39-4)10-20-27(36)33-29(38)34(28(20)37)23-13-19(30)9-8-16(23)2/h5-13H,14H2,1-4H3,(H,32,35)(H,33,36,38)/b20-10+. The van der Waals surface area contributed by atoms with Crippen molar-refractivity contribution in [3.63, 3.8) is 0 Å². The van der Waals surface area contributed by atoms with Crippen LogP contribution in [0.15, 0.2) is 54.1 Å². The predicted octanol–water partition coefficient (Wildman–Crippen LogP) is 5.61. The Morgan fingerprint density at radius 2 is 1.77 bits per heavy atom. The molecule has 2 N–H and O–H groups in total. The molecule has 0 saturated carbocycles. The van der Waals surface area contributed by atoms with Gasteiger partial charge in [-0.15, -0.1) is 0 Å². The van der Waals surface area contributed by atoms with Crippen LogP contribution in [0.5, 0.6) is 11.5 Å². The summed E-state index contributed by atoms with van der Waals surface area (Å²) in [6, 6.07) is 12.4. The highest BCUT2D eigenvalue weighted by molar-refractivity contribution is 6.40. The first kappa shape index (κ1) is 28.7. The summed E-state index contributed by atoms with van der Waals surface area (Å²) >= 11 is 12.5. The molecule has 1 aliphatic heterocycles. The molecule has 4 rings (SSSR count). The van der Waals surface area contributed by atoms with Gasteiger partial charge in [0.1, 0.15) is 5.57 Å². The van der Waals surface area contributed by atoms with Crippen LogP contribution in [0.1, 0.15) is 22.3 Å². The van der Waals surface area contributed by atoms with Crippen molar-refractivity contribution in [3.8, 4) is 11.5 Å². The number of benzene rings is 3. The second-order valence-corrected chi connectivity index (χ2v) is 9.85. The van der Waals surface area contributed by atoms with Crippen molar-refractivity contribution >= 4 is 64.4 Å². The molecule has 1 heterocycles. The van der Waals surface area contributed by atoms with Gasteiger partial charge in [-0.2, -0.15) is 0 Å². The molecule has 0 aliphatic carbocycles. The average molecular weight is 582 g/mol. The minimum absolute atomic E-state index is 0.0769. The van der Waals surface area contributed by atoms with Crippen molar-refractivity contribution in [3.05, 3.63) is 86.4 Å². The number of halogens is 2. The van der Waals surface area contributed by atoms with Gasteiger partial charge in [0.15, 0.2) is 18.1 Å². The molecule has 40 heavy (non-hydrogen) atoms. The minimum Gasteiger partial charge on any atom is -0.493 e. The Labute approximate surface area is 240 Å². The van der Waals surface area contributed by atoms with E-state index in [0.717, 1.165) is 16.0 Å². The van der Waals surface area contributed by atoms with Gasteiger partial charge < -0.3 is 14.8 Å². The molecule has 9 nitrogen and oxygen atoms in total. The monoisotopic (exact) mass is 581 g/mol. The molecule has 3 aromatic carbocycles. The number of carbonyl (C=O) groups excluding carboxylic acids is 4. The zero-order chi connectivity index (χ0) is 29.1. The van der Waals surface area contributed by atoms with Crippen LogP contribution in [0.4, 0.5) is 16.2 Å². The highest BCUT2D eigenvalue weighted by Gasteiger charge is 2.37. The quantitative estimate of drug-likeness (QED) is 0.277. The fourth-order valence-corrected chi connectivity index (χ4v) is 4.48.